The molecule has 2 aromatic carbocycles. The predicted octanol–water partition coefficient (Wildman–Crippen LogP) is 1.98. The minimum atomic E-state index is -0.320. The molecule has 0 atom stereocenters. The number of hydrogen-bond acceptors (Lipinski definition) is 6. The van der Waals surface area contributed by atoms with Crippen molar-refractivity contribution in [1.29, 1.82) is 0 Å². The number of fused-ring (bicyclic) bond motifs is 1. The molecular formula is C24H27N3O6. The summed E-state index contributed by atoms with van der Waals surface area (Å²) in [5.74, 6) is 0.998. The molecular weight excluding hydrogens is 426 g/mol. The van der Waals surface area contributed by atoms with Gasteiger partial charge in [0.15, 0.2) is 6.61 Å². The fraction of sp³-hybridized carbons (Fsp3) is 0.375. The fourth-order valence-electron chi connectivity index (χ4n) is 3.99. The molecule has 174 valence electrons. The minimum absolute atomic E-state index is 0.0662. The van der Waals surface area contributed by atoms with E-state index in [0.717, 1.165) is 18.4 Å². The van der Waals surface area contributed by atoms with E-state index in [9.17, 15) is 14.4 Å². The van der Waals surface area contributed by atoms with E-state index < -0.39 is 0 Å². The SMILES string of the molecule is COc1ccc(CNC(=O)c2ccc3c(c2)N(CC(=O)N2CCCC2)C(=O)CO3)c(OC)c1. The van der Waals surface area contributed by atoms with Crippen LogP contribution in [0.1, 0.15) is 28.8 Å². The number of ether oxygens (including phenoxy) is 3. The molecule has 1 fully saturated rings. The lowest BCUT2D eigenvalue weighted by molar-refractivity contribution is -0.131. The molecule has 2 aliphatic rings. The van der Waals surface area contributed by atoms with Gasteiger partial charge in [0.1, 0.15) is 23.8 Å². The fourth-order valence-corrected chi connectivity index (χ4v) is 3.99. The Hall–Kier alpha value is -3.75. The van der Waals surface area contributed by atoms with Gasteiger partial charge < -0.3 is 24.4 Å². The Balaban J connectivity index is 1.49. The maximum atomic E-state index is 12.9. The number of nitrogens with zero attached hydrogens (tertiary/aromatic N) is 2. The first kappa shape index (κ1) is 22.4. The lowest BCUT2D eigenvalue weighted by Gasteiger charge is -2.30. The van der Waals surface area contributed by atoms with Gasteiger partial charge in [-0.05, 0) is 43.2 Å². The minimum Gasteiger partial charge on any atom is -0.497 e. The molecule has 0 unspecified atom stereocenters. The van der Waals surface area contributed by atoms with E-state index in [1.807, 2.05) is 6.07 Å². The first-order valence-electron chi connectivity index (χ1n) is 10.8. The Labute approximate surface area is 192 Å². The highest BCUT2D eigenvalue weighted by atomic mass is 16.5. The average molecular weight is 453 g/mol. The Morgan fingerprint density at radius 2 is 1.85 bits per heavy atom. The van der Waals surface area contributed by atoms with E-state index in [1.165, 1.54) is 4.90 Å². The number of benzene rings is 2. The Bertz CT molecular complexity index is 1060. The summed E-state index contributed by atoms with van der Waals surface area (Å²) < 4.78 is 16.1. The number of anilines is 1. The maximum Gasteiger partial charge on any atom is 0.265 e. The van der Waals surface area contributed by atoms with Crippen molar-refractivity contribution in [2.24, 2.45) is 0 Å². The molecule has 0 saturated carbocycles. The summed E-state index contributed by atoms with van der Waals surface area (Å²) in [5.41, 5.74) is 1.58. The summed E-state index contributed by atoms with van der Waals surface area (Å²) in [6, 6.07) is 10.2. The van der Waals surface area contributed by atoms with Crippen LogP contribution in [0.25, 0.3) is 0 Å². The first-order valence-corrected chi connectivity index (χ1v) is 10.8. The van der Waals surface area contributed by atoms with E-state index >= 15 is 0 Å². The van der Waals surface area contributed by atoms with Crippen LogP contribution < -0.4 is 24.4 Å². The number of carbonyl (C=O) groups excluding carboxylic acids is 3. The van der Waals surface area contributed by atoms with Crippen molar-refractivity contribution in [3.8, 4) is 17.2 Å². The molecule has 2 aliphatic heterocycles. The number of amides is 3. The highest BCUT2D eigenvalue weighted by Crippen LogP contribution is 2.33. The number of methoxy groups -OCH3 is 2. The van der Waals surface area contributed by atoms with Gasteiger partial charge in [0.05, 0.1) is 19.9 Å². The van der Waals surface area contributed by atoms with Crippen LogP contribution in [0.5, 0.6) is 17.2 Å². The lowest BCUT2D eigenvalue weighted by Crippen LogP contribution is -2.46. The lowest BCUT2D eigenvalue weighted by atomic mass is 10.1. The number of rotatable bonds is 7. The summed E-state index contributed by atoms with van der Waals surface area (Å²) in [4.78, 5) is 41.2. The molecule has 9 heteroatoms. The van der Waals surface area contributed by atoms with Gasteiger partial charge >= 0.3 is 0 Å². The van der Waals surface area contributed by atoms with Gasteiger partial charge in [-0.2, -0.15) is 0 Å². The molecule has 0 radical (unpaired) electrons. The van der Waals surface area contributed by atoms with Crippen LogP contribution in [0.2, 0.25) is 0 Å². The van der Waals surface area contributed by atoms with E-state index in [4.69, 9.17) is 14.2 Å². The molecule has 0 bridgehead atoms. The van der Waals surface area contributed by atoms with Crippen LogP contribution in [-0.4, -0.2) is 63.1 Å². The van der Waals surface area contributed by atoms with Crippen LogP contribution in [-0.2, 0) is 16.1 Å². The van der Waals surface area contributed by atoms with Gasteiger partial charge in [-0.3, -0.25) is 19.3 Å². The van der Waals surface area contributed by atoms with Gasteiger partial charge in [-0.1, -0.05) is 0 Å². The Kier molecular flexibility index (Phi) is 6.67. The zero-order valence-corrected chi connectivity index (χ0v) is 18.8. The third-order valence-corrected chi connectivity index (χ3v) is 5.85. The van der Waals surface area contributed by atoms with Crippen molar-refractivity contribution >= 4 is 23.4 Å². The second-order valence-corrected chi connectivity index (χ2v) is 7.90. The van der Waals surface area contributed by atoms with E-state index in [2.05, 4.69) is 5.32 Å². The predicted molar refractivity (Wildman–Crippen MR) is 121 cm³/mol. The number of carbonyl (C=O) groups is 3. The smallest absolute Gasteiger partial charge is 0.265 e. The number of hydrogen-bond donors (Lipinski definition) is 1. The van der Waals surface area contributed by atoms with Crippen molar-refractivity contribution in [2.45, 2.75) is 19.4 Å². The monoisotopic (exact) mass is 453 g/mol. The zero-order chi connectivity index (χ0) is 23.4. The van der Waals surface area contributed by atoms with Crippen LogP contribution in [0, 0.1) is 0 Å². The highest BCUT2D eigenvalue weighted by Gasteiger charge is 2.30. The van der Waals surface area contributed by atoms with Gasteiger partial charge in [0.25, 0.3) is 11.8 Å². The van der Waals surface area contributed by atoms with Gasteiger partial charge in [-0.15, -0.1) is 0 Å². The van der Waals surface area contributed by atoms with Gasteiger partial charge in [0, 0.05) is 36.8 Å². The van der Waals surface area contributed by atoms with Crippen LogP contribution in [0.4, 0.5) is 5.69 Å². The quantitative estimate of drug-likeness (QED) is 0.689. The molecule has 2 heterocycles. The molecule has 3 amide bonds. The highest BCUT2D eigenvalue weighted by molar-refractivity contribution is 6.04. The first-order chi connectivity index (χ1) is 16.0. The summed E-state index contributed by atoms with van der Waals surface area (Å²) in [6.07, 6.45) is 1.95. The van der Waals surface area contributed by atoms with Crippen LogP contribution >= 0.6 is 0 Å². The molecule has 0 aromatic heterocycles. The normalized spacial score (nSPS) is 15.0. The topological polar surface area (TPSA) is 97.4 Å². The van der Waals surface area contributed by atoms with Crippen molar-refractivity contribution in [2.75, 3.05) is 45.4 Å². The Morgan fingerprint density at radius 1 is 1.06 bits per heavy atom. The summed E-state index contributed by atoms with van der Waals surface area (Å²) in [6.45, 7) is 1.46. The van der Waals surface area contributed by atoms with Crippen molar-refractivity contribution in [1.82, 2.24) is 10.2 Å². The second kappa shape index (κ2) is 9.81. The third kappa shape index (κ3) is 4.87. The number of nitrogens with one attached hydrogen (secondary N) is 1. The third-order valence-electron chi connectivity index (χ3n) is 5.85. The Morgan fingerprint density at radius 3 is 2.58 bits per heavy atom. The van der Waals surface area contributed by atoms with Crippen LogP contribution in [0.15, 0.2) is 36.4 Å². The molecule has 0 aliphatic carbocycles. The molecule has 9 nitrogen and oxygen atoms in total. The molecule has 0 spiro atoms. The van der Waals surface area contributed by atoms with Gasteiger partial charge in [0.2, 0.25) is 5.91 Å². The van der Waals surface area contributed by atoms with Crippen molar-refractivity contribution < 1.29 is 28.6 Å². The number of likely N-dealkylation sites (tertiary alicyclic amines) is 1. The zero-order valence-electron chi connectivity index (χ0n) is 18.8. The molecule has 4 rings (SSSR count). The average Bonchev–Trinajstić information content (AvgIpc) is 3.39. The van der Waals surface area contributed by atoms with Crippen molar-refractivity contribution in [3.05, 3.63) is 47.5 Å². The molecule has 33 heavy (non-hydrogen) atoms. The molecule has 2 aromatic rings. The van der Waals surface area contributed by atoms with E-state index in [-0.39, 0.29) is 37.4 Å². The standard InChI is InChI=1S/C24H27N3O6/c1-31-18-7-5-17(21(12-18)32-2)13-25-24(30)16-6-8-20-19(11-16)27(23(29)15-33-20)14-22(28)26-9-3-4-10-26/h5-8,11-12H,3-4,9-10,13-15H2,1-2H3,(H,25,30). The van der Waals surface area contributed by atoms with Crippen molar-refractivity contribution in [3.63, 3.8) is 0 Å². The maximum absolute atomic E-state index is 12.9. The second-order valence-electron chi connectivity index (χ2n) is 7.90. The summed E-state index contributed by atoms with van der Waals surface area (Å²) in [5, 5.41) is 2.87. The van der Waals surface area contributed by atoms with E-state index in [0.29, 0.717) is 41.6 Å². The molecule has 1 N–H and O–H groups in total. The summed E-state index contributed by atoms with van der Waals surface area (Å²) in [7, 11) is 3.13. The van der Waals surface area contributed by atoms with Crippen LogP contribution in [0.3, 0.4) is 0 Å². The van der Waals surface area contributed by atoms with E-state index in [1.54, 1.807) is 49.5 Å². The molecule has 1 saturated heterocycles. The summed E-state index contributed by atoms with van der Waals surface area (Å²) >= 11 is 0. The van der Waals surface area contributed by atoms with Gasteiger partial charge in [-0.25, -0.2) is 0 Å². The largest absolute Gasteiger partial charge is 0.497 e.